The van der Waals surface area contributed by atoms with E-state index in [0.717, 1.165) is 39.7 Å². The molecule has 4 bridgehead atoms. The molecule has 0 unspecified atom stereocenters. The fourth-order valence-corrected chi connectivity index (χ4v) is 8.77. The van der Waals surface area contributed by atoms with Crippen LogP contribution in [0, 0.1) is 31.6 Å². The van der Waals surface area contributed by atoms with Gasteiger partial charge in [0.1, 0.15) is 5.57 Å². The molecule has 1 N–H and O–H groups in total. The Morgan fingerprint density at radius 1 is 0.909 bits per heavy atom. The average molecular weight is 592 g/mol. The van der Waals surface area contributed by atoms with Crippen molar-refractivity contribution in [3.05, 3.63) is 88.2 Å². The minimum atomic E-state index is -0.744. The zero-order valence-corrected chi connectivity index (χ0v) is 25.4. The van der Waals surface area contributed by atoms with Crippen LogP contribution in [0.1, 0.15) is 78.3 Å². The smallest absolute Gasteiger partial charge is 0.338 e. The van der Waals surface area contributed by atoms with E-state index >= 15 is 0 Å². The number of carbonyl (C=O) groups excluding carboxylic acids is 4. The van der Waals surface area contributed by atoms with Crippen LogP contribution in [0.15, 0.2) is 60.2 Å². The minimum Gasteiger partial charge on any atom is -0.462 e. The zero-order valence-electron chi connectivity index (χ0n) is 25.4. The number of anilines is 1. The molecule has 8 nitrogen and oxygen atoms in total. The molecule has 3 aromatic rings. The Kier molecular flexibility index (Phi) is 6.83. The first-order valence-electron chi connectivity index (χ1n) is 15.6. The van der Waals surface area contributed by atoms with Crippen molar-refractivity contribution in [1.82, 2.24) is 9.88 Å². The molecule has 44 heavy (non-hydrogen) atoms. The Bertz CT molecular complexity index is 1680. The topological polar surface area (TPSA) is 97.7 Å². The summed E-state index contributed by atoms with van der Waals surface area (Å²) >= 11 is 0. The molecule has 226 valence electrons. The van der Waals surface area contributed by atoms with Crippen molar-refractivity contribution in [2.45, 2.75) is 64.7 Å². The Morgan fingerprint density at radius 2 is 1.50 bits per heavy atom. The number of esters is 1. The second kappa shape index (κ2) is 10.6. The van der Waals surface area contributed by atoms with Crippen molar-refractivity contribution < 1.29 is 23.9 Å². The third-order valence-corrected chi connectivity index (χ3v) is 10.3. The van der Waals surface area contributed by atoms with Crippen LogP contribution < -0.4 is 10.2 Å². The molecule has 8 heteroatoms. The number of ether oxygens (including phenoxy) is 1. The molecule has 0 atom stereocenters. The highest BCUT2D eigenvalue weighted by Crippen LogP contribution is 2.60. The summed E-state index contributed by atoms with van der Waals surface area (Å²) in [5.41, 5.74) is 5.52. The molecular weight excluding hydrogens is 554 g/mol. The summed E-state index contributed by atoms with van der Waals surface area (Å²) in [6.07, 6.45) is 9.35. The van der Waals surface area contributed by atoms with Crippen molar-refractivity contribution in [2.75, 3.05) is 11.5 Å². The van der Waals surface area contributed by atoms with Gasteiger partial charge in [-0.05, 0) is 142 Å². The lowest BCUT2D eigenvalue weighted by molar-refractivity contribution is -0.122. The molecule has 1 aliphatic heterocycles. The van der Waals surface area contributed by atoms with Gasteiger partial charge in [0.05, 0.1) is 17.9 Å². The fourth-order valence-electron chi connectivity index (χ4n) is 8.77. The second-order valence-corrected chi connectivity index (χ2v) is 13.1. The molecule has 4 amide bonds. The summed E-state index contributed by atoms with van der Waals surface area (Å²) in [6, 6.07) is 16.1. The van der Waals surface area contributed by atoms with E-state index in [1.165, 1.54) is 44.1 Å². The fraction of sp³-hybridized carbons (Fsp3) is 0.389. The number of aryl methyl sites for hydroxylation is 1. The monoisotopic (exact) mass is 591 g/mol. The van der Waals surface area contributed by atoms with E-state index in [0.29, 0.717) is 23.4 Å². The summed E-state index contributed by atoms with van der Waals surface area (Å²) in [5, 5.41) is 2.36. The summed E-state index contributed by atoms with van der Waals surface area (Å²) in [4.78, 5) is 52.7. The van der Waals surface area contributed by atoms with E-state index in [1.54, 1.807) is 25.1 Å². The SMILES string of the molecule is CCOC(=O)c1ccc(-n2c(C)cc(/C=C3\C(=O)NC(=O)N(c4ccc(C56CC7CC(CC(C7)C5)C6)cc4)C3=O)c2C)cc1. The van der Waals surface area contributed by atoms with Gasteiger partial charge in [0.25, 0.3) is 11.8 Å². The van der Waals surface area contributed by atoms with Crippen LogP contribution >= 0.6 is 0 Å². The third kappa shape index (κ3) is 4.68. The lowest BCUT2D eigenvalue weighted by atomic mass is 9.48. The zero-order chi connectivity index (χ0) is 30.7. The van der Waals surface area contributed by atoms with Crippen LogP contribution in [-0.4, -0.2) is 35.0 Å². The number of benzene rings is 2. The minimum absolute atomic E-state index is 0.104. The van der Waals surface area contributed by atoms with E-state index in [1.807, 2.05) is 48.7 Å². The molecule has 5 fully saturated rings. The summed E-state index contributed by atoms with van der Waals surface area (Å²) in [6.45, 7) is 5.89. The number of imide groups is 2. The van der Waals surface area contributed by atoms with Crippen LogP contribution in [0.2, 0.25) is 0 Å². The molecule has 8 rings (SSSR count). The molecule has 2 aromatic carbocycles. The highest BCUT2D eigenvalue weighted by Gasteiger charge is 2.51. The number of hydrogen-bond donors (Lipinski definition) is 1. The predicted octanol–water partition coefficient (Wildman–Crippen LogP) is 6.41. The van der Waals surface area contributed by atoms with E-state index in [2.05, 4.69) is 17.4 Å². The molecule has 1 aromatic heterocycles. The molecule has 2 heterocycles. The number of nitrogens with zero attached hydrogens (tertiary/aromatic N) is 2. The molecule has 1 saturated heterocycles. The molecule has 4 aliphatic carbocycles. The van der Waals surface area contributed by atoms with E-state index in [9.17, 15) is 19.2 Å². The van der Waals surface area contributed by atoms with Crippen molar-refractivity contribution in [2.24, 2.45) is 17.8 Å². The Morgan fingerprint density at radius 3 is 2.09 bits per heavy atom. The van der Waals surface area contributed by atoms with Crippen molar-refractivity contribution >= 4 is 35.6 Å². The first-order chi connectivity index (χ1) is 21.2. The highest BCUT2D eigenvalue weighted by molar-refractivity contribution is 6.39. The van der Waals surface area contributed by atoms with E-state index < -0.39 is 17.8 Å². The Hall–Kier alpha value is -4.46. The number of barbiturate groups is 1. The number of rotatable bonds is 6. The summed E-state index contributed by atoms with van der Waals surface area (Å²) in [7, 11) is 0. The lowest BCUT2D eigenvalue weighted by Gasteiger charge is -2.57. The Balaban J connectivity index is 1.15. The number of nitrogens with one attached hydrogen (secondary N) is 1. The van der Waals surface area contributed by atoms with Crippen LogP contribution in [-0.2, 0) is 19.7 Å². The van der Waals surface area contributed by atoms with Gasteiger partial charge in [-0.3, -0.25) is 14.9 Å². The first kappa shape index (κ1) is 28.3. The van der Waals surface area contributed by atoms with Gasteiger partial charge in [0, 0.05) is 17.1 Å². The van der Waals surface area contributed by atoms with Crippen LogP contribution in [0.25, 0.3) is 11.8 Å². The van der Waals surface area contributed by atoms with Crippen LogP contribution in [0.4, 0.5) is 10.5 Å². The summed E-state index contributed by atoms with van der Waals surface area (Å²) in [5.74, 6) is 0.712. The van der Waals surface area contributed by atoms with Gasteiger partial charge >= 0.3 is 12.0 Å². The maximum absolute atomic E-state index is 13.7. The van der Waals surface area contributed by atoms with Gasteiger partial charge in [-0.1, -0.05) is 12.1 Å². The maximum Gasteiger partial charge on any atom is 0.338 e. The maximum atomic E-state index is 13.7. The largest absolute Gasteiger partial charge is 0.462 e. The lowest BCUT2D eigenvalue weighted by Crippen LogP contribution is -2.54. The number of urea groups is 1. The standard InChI is InChI=1S/C36H37N3O5/c1-4-44-34(42)26-5-9-29(10-6-26)38-21(2)13-27(22(38)3)17-31-32(40)37-35(43)39(33(31)41)30-11-7-28(8-12-30)36-18-23-14-24(19-36)16-25(15-23)20-36/h5-13,17,23-25H,4,14-16,18-20H2,1-3H3,(H,37,40,43)/b31-17+. The normalized spacial score (nSPS) is 26.8. The highest BCUT2D eigenvalue weighted by atomic mass is 16.5. The van der Waals surface area contributed by atoms with Crippen LogP contribution in [0.5, 0.6) is 0 Å². The number of carbonyl (C=O) groups is 4. The van der Waals surface area contributed by atoms with Gasteiger partial charge in [-0.15, -0.1) is 0 Å². The molecule has 0 radical (unpaired) electrons. The van der Waals surface area contributed by atoms with E-state index in [-0.39, 0.29) is 17.0 Å². The molecule has 5 aliphatic rings. The number of amides is 4. The number of aromatic nitrogens is 1. The first-order valence-corrected chi connectivity index (χ1v) is 15.6. The van der Waals surface area contributed by atoms with Crippen molar-refractivity contribution in [3.63, 3.8) is 0 Å². The van der Waals surface area contributed by atoms with Crippen molar-refractivity contribution in [1.29, 1.82) is 0 Å². The van der Waals surface area contributed by atoms with E-state index in [4.69, 9.17) is 4.74 Å². The van der Waals surface area contributed by atoms with Crippen molar-refractivity contribution in [3.8, 4) is 5.69 Å². The second-order valence-electron chi connectivity index (χ2n) is 13.1. The Labute approximate surface area is 257 Å². The third-order valence-electron chi connectivity index (χ3n) is 10.3. The van der Waals surface area contributed by atoms with Gasteiger partial charge < -0.3 is 9.30 Å². The average Bonchev–Trinajstić information content (AvgIpc) is 3.27. The predicted molar refractivity (Wildman–Crippen MR) is 166 cm³/mol. The quantitative estimate of drug-likeness (QED) is 0.203. The molecule has 4 saturated carbocycles. The van der Waals surface area contributed by atoms with Gasteiger partial charge in [-0.25, -0.2) is 14.5 Å². The van der Waals surface area contributed by atoms with Gasteiger partial charge in [0.2, 0.25) is 0 Å². The number of hydrogen-bond acceptors (Lipinski definition) is 5. The summed E-state index contributed by atoms with van der Waals surface area (Å²) < 4.78 is 7.07. The van der Waals surface area contributed by atoms with Gasteiger partial charge in [0.15, 0.2) is 0 Å². The molecular formula is C36H37N3O5. The van der Waals surface area contributed by atoms with Crippen LogP contribution in [0.3, 0.4) is 0 Å². The van der Waals surface area contributed by atoms with Gasteiger partial charge in [-0.2, -0.15) is 0 Å². The molecule has 0 spiro atoms.